The highest BCUT2D eigenvalue weighted by atomic mass is 15.2. The minimum Gasteiger partial charge on any atom is -0.390 e. The van der Waals surface area contributed by atoms with E-state index in [2.05, 4.69) is 5.32 Å². The quantitative estimate of drug-likeness (QED) is 0.282. The van der Waals surface area contributed by atoms with Crippen LogP contribution in [0.2, 0.25) is 0 Å². The normalized spacial score (nSPS) is 10.8. The van der Waals surface area contributed by atoms with Gasteiger partial charge < -0.3 is 27.4 Å². The van der Waals surface area contributed by atoms with Crippen LogP contribution >= 0.6 is 0 Å². The van der Waals surface area contributed by atoms with Crippen molar-refractivity contribution in [2.75, 3.05) is 32.8 Å². The first kappa shape index (κ1) is 13.2. The van der Waals surface area contributed by atoms with E-state index in [0.717, 1.165) is 25.9 Å². The van der Waals surface area contributed by atoms with Crippen LogP contribution in [0.1, 0.15) is 12.8 Å². The van der Waals surface area contributed by atoms with E-state index in [4.69, 9.17) is 17.2 Å². The Morgan fingerprint density at radius 1 is 1.07 bits per heavy atom. The summed E-state index contributed by atoms with van der Waals surface area (Å²) in [5, 5.41) is 3.14. The highest BCUT2D eigenvalue weighted by Gasteiger charge is 1.93. The molecule has 0 aromatic carbocycles. The summed E-state index contributed by atoms with van der Waals surface area (Å²) < 4.78 is 0. The zero-order chi connectivity index (χ0) is 10.6. The van der Waals surface area contributed by atoms with Gasteiger partial charge in [0.2, 0.25) is 0 Å². The predicted molar refractivity (Wildman–Crippen MR) is 60.2 cm³/mol. The maximum atomic E-state index is 5.54. The number of nitrogens with two attached hydrogens (primary N) is 3. The van der Waals surface area contributed by atoms with Gasteiger partial charge in [0.15, 0.2) is 0 Å². The summed E-state index contributed by atoms with van der Waals surface area (Å²) >= 11 is 0. The highest BCUT2D eigenvalue weighted by molar-refractivity contribution is 4.79. The van der Waals surface area contributed by atoms with Crippen LogP contribution in [-0.4, -0.2) is 37.7 Å². The second kappa shape index (κ2) is 10.3. The van der Waals surface area contributed by atoms with Crippen LogP contribution in [0, 0.1) is 0 Å². The lowest BCUT2D eigenvalue weighted by molar-refractivity contribution is 0.380. The van der Waals surface area contributed by atoms with Crippen molar-refractivity contribution in [1.82, 2.24) is 10.2 Å². The number of nitrogens with one attached hydrogen (secondary N) is 1. The third-order valence-electron chi connectivity index (χ3n) is 1.81. The Balaban J connectivity index is 3.47. The van der Waals surface area contributed by atoms with E-state index in [-0.39, 0.29) is 0 Å². The number of hydrogen-bond acceptors (Lipinski definition) is 5. The molecule has 0 saturated carbocycles. The van der Waals surface area contributed by atoms with E-state index in [9.17, 15) is 0 Å². The second-order valence-corrected chi connectivity index (χ2v) is 3.05. The van der Waals surface area contributed by atoms with Gasteiger partial charge in [-0.25, -0.2) is 0 Å². The van der Waals surface area contributed by atoms with Gasteiger partial charge in [-0.1, -0.05) is 0 Å². The second-order valence-electron chi connectivity index (χ2n) is 3.05. The molecule has 0 aromatic rings. The molecule has 7 N–H and O–H groups in total. The molecule has 0 aliphatic heterocycles. The Morgan fingerprint density at radius 2 is 1.79 bits per heavy atom. The minimum absolute atomic E-state index is 0.523. The van der Waals surface area contributed by atoms with Crippen molar-refractivity contribution in [3.63, 3.8) is 0 Å². The fraction of sp³-hybridized carbons (Fsp3) is 0.778. The number of rotatable bonds is 9. The van der Waals surface area contributed by atoms with Crippen molar-refractivity contribution in [3.05, 3.63) is 12.4 Å². The summed E-state index contributed by atoms with van der Waals surface area (Å²) in [5.41, 5.74) is 16.3. The van der Waals surface area contributed by atoms with Crippen LogP contribution in [0.15, 0.2) is 12.4 Å². The van der Waals surface area contributed by atoms with E-state index < -0.39 is 0 Å². The van der Waals surface area contributed by atoms with Gasteiger partial charge >= 0.3 is 0 Å². The topological polar surface area (TPSA) is 93.3 Å². The summed E-state index contributed by atoms with van der Waals surface area (Å²) in [4.78, 5) is 2.02. The molecular formula is C9H23N5. The molecule has 0 aliphatic carbocycles. The van der Waals surface area contributed by atoms with Crippen molar-refractivity contribution >= 4 is 0 Å². The fourth-order valence-electron chi connectivity index (χ4n) is 0.967. The molecule has 0 bridgehead atoms. The van der Waals surface area contributed by atoms with Gasteiger partial charge in [-0.2, -0.15) is 0 Å². The Kier molecular flexibility index (Phi) is 9.73. The maximum absolute atomic E-state index is 5.54. The molecule has 14 heavy (non-hydrogen) atoms. The van der Waals surface area contributed by atoms with Crippen LogP contribution < -0.4 is 22.5 Å². The molecule has 84 valence electrons. The van der Waals surface area contributed by atoms with E-state index in [1.54, 1.807) is 0 Å². The molecule has 0 atom stereocenters. The predicted octanol–water partition coefficient (Wildman–Crippen LogP) is -1.04. The highest BCUT2D eigenvalue weighted by Crippen LogP contribution is 1.88. The Bertz CT molecular complexity index is 137. The van der Waals surface area contributed by atoms with Crippen LogP contribution in [-0.2, 0) is 0 Å². The zero-order valence-corrected chi connectivity index (χ0v) is 8.78. The molecule has 5 nitrogen and oxygen atoms in total. The largest absolute Gasteiger partial charge is 0.390 e. The average molecular weight is 201 g/mol. The molecular weight excluding hydrogens is 178 g/mol. The maximum Gasteiger partial charge on any atom is 0.0652 e. The zero-order valence-electron chi connectivity index (χ0n) is 8.78. The van der Waals surface area contributed by atoms with Crippen molar-refractivity contribution in [2.24, 2.45) is 17.2 Å². The molecule has 0 aromatic heterocycles. The lowest BCUT2D eigenvalue weighted by Crippen LogP contribution is -2.27. The Morgan fingerprint density at radius 3 is 2.36 bits per heavy atom. The first-order valence-electron chi connectivity index (χ1n) is 5.09. The van der Waals surface area contributed by atoms with Gasteiger partial charge in [0.1, 0.15) is 0 Å². The SMILES string of the molecule is NCCCN/C=C\N(CN)CCCN. The van der Waals surface area contributed by atoms with Crippen molar-refractivity contribution < 1.29 is 0 Å². The van der Waals surface area contributed by atoms with Gasteiger partial charge in [-0.3, -0.25) is 0 Å². The third-order valence-corrected chi connectivity index (χ3v) is 1.81. The van der Waals surface area contributed by atoms with Gasteiger partial charge in [-0.05, 0) is 25.9 Å². The molecule has 5 heteroatoms. The first-order chi connectivity index (χ1) is 6.85. The van der Waals surface area contributed by atoms with Crippen LogP contribution in [0.3, 0.4) is 0 Å². The molecule has 0 fully saturated rings. The Hall–Kier alpha value is -0.780. The molecule has 0 radical (unpaired) electrons. The van der Waals surface area contributed by atoms with Crippen molar-refractivity contribution in [2.45, 2.75) is 12.8 Å². The minimum atomic E-state index is 0.523. The third kappa shape index (κ3) is 7.85. The average Bonchev–Trinajstić information content (AvgIpc) is 2.22. The van der Waals surface area contributed by atoms with Gasteiger partial charge in [0, 0.05) is 25.5 Å². The lowest BCUT2D eigenvalue weighted by Gasteiger charge is -2.17. The van der Waals surface area contributed by atoms with Crippen molar-refractivity contribution in [3.8, 4) is 0 Å². The van der Waals surface area contributed by atoms with E-state index in [0.29, 0.717) is 19.8 Å². The molecule has 0 saturated heterocycles. The summed E-state index contributed by atoms with van der Waals surface area (Å²) in [6, 6.07) is 0. The smallest absolute Gasteiger partial charge is 0.0652 e. The van der Waals surface area contributed by atoms with Gasteiger partial charge in [0.05, 0.1) is 6.67 Å². The van der Waals surface area contributed by atoms with Crippen LogP contribution in [0.25, 0.3) is 0 Å². The number of nitrogens with zero attached hydrogens (tertiary/aromatic N) is 1. The molecule has 0 amide bonds. The Labute approximate surface area is 86.3 Å². The van der Waals surface area contributed by atoms with Crippen LogP contribution in [0.4, 0.5) is 0 Å². The summed E-state index contributed by atoms with van der Waals surface area (Å²) in [6.07, 6.45) is 5.80. The number of hydrogen-bond donors (Lipinski definition) is 4. The lowest BCUT2D eigenvalue weighted by atomic mass is 10.4. The van der Waals surface area contributed by atoms with E-state index in [1.165, 1.54) is 0 Å². The first-order valence-corrected chi connectivity index (χ1v) is 5.09. The summed E-state index contributed by atoms with van der Waals surface area (Å²) in [5.74, 6) is 0. The molecule has 0 heterocycles. The van der Waals surface area contributed by atoms with Gasteiger partial charge in [-0.15, -0.1) is 0 Å². The summed E-state index contributed by atoms with van der Waals surface area (Å²) in [7, 11) is 0. The molecule has 0 aliphatic rings. The summed E-state index contributed by atoms with van der Waals surface area (Å²) in [6.45, 7) is 3.75. The molecule has 0 rings (SSSR count). The van der Waals surface area contributed by atoms with Crippen LogP contribution in [0.5, 0.6) is 0 Å². The van der Waals surface area contributed by atoms with Gasteiger partial charge in [0.25, 0.3) is 0 Å². The molecule has 0 unspecified atom stereocenters. The molecule has 0 spiro atoms. The van der Waals surface area contributed by atoms with E-state index >= 15 is 0 Å². The fourth-order valence-corrected chi connectivity index (χ4v) is 0.967. The van der Waals surface area contributed by atoms with Crippen molar-refractivity contribution in [1.29, 1.82) is 0 Å². The standard InChI is InChI=1S/C9H23N5/c10-3-1-5-13-6-8-14(9-12)7-2-4-11/h6,8,13H,1-5,7,9-12H2/b8-6-. The van der Waals surface area contributed by atoms with E-state index in [1.807, 2.05) is 17.3 Å². The monoisotopic (exact) mass is 201 g/mol.